The number of anilines is 2. The Hall–Kier alpha value is -5.38. The van der Waals surface area contributed by atoms with E-state index in [1.807, 2.05) is 31.2 Å². The van der Waals surface area contributed by atoms with Crippen LogP contribution >= 0.6 is 0 Å². The average molecular weight is 510 g/mol. The number of non-ortho nitro benzene ring substituents is 2. The highest BCUT2D eigenvalue weighted by atomic mass is 16.6. The van der Waals surface area contributed by atoms with Crippen LogP contribution in [0.25, 0.3) is 24.3 Å². The molecule has 1 N–H and O–H groups in total. The van der Waals surface area contributed by atoms with Crippen molar-refractivity contribution < 1.29 is 14.6 Å². The summed E-state index contributed by atoms with van der Waals surface area (Å²) in [6, 6.07) is 21.6. The minimum Gasteiger partial charge on any atom is -0.494 e. The van der Waals surface area contributed by atoms with Gasteiger partial charge >= 0.3 is 0 Å². The maximum atomic E-state index is 11.1. The molecule has 4 aromatic rings. The van der Waals surface area contributed by atoms with Gasteiger partial charge in [-0.25, -0.2) is 9.97 Å². The molecule has 0 unspecified atom stereocenters. The summed E-state index contributed by atoms with van der Waals surface area (Å²) < 4.78 is 5.48. The molecule has 0 bridgehead atoms. The lowest BCUT2D eigenvalue weighted by atomic mass is 10.1. The van der Waals surface area contributed by atoms with E-state index in [0.717, 1.165) is 11.4 Å². The average Bonchev–Trinajstić information content (AvgIpc) is 2.92. The van der Waals surface area contributed by atoms with Crippen molar-refractivity contribution in [1.82, 2.24) is 9.97 Å². The quantitative estimate of drug-likeness (QED) is 0.183. The summed E-state index contributed by atoms with van der Waals surface area (Å²) in [6.45, 7) is 2.48. The van der Waals surface area contributed by atoms with Crippen molar-refractivity contribution in [3.05, 3.63) is 122 Å². The summed E-state index contributed by atoms with van der Waals surface area (Å²) >= 11 is 0. The summed E-state index contributed by atoms with van der Waals surface area (Å²) in [4.78, 5) is 30.4. The molecule has 10 heteroatoms. The van der Waals surface area contributed by atoms with Crippen LogP contribution in [-0.2, 0) is 0 Å². The third-order valence-electron chi connectivity index (χ3n) is 5.24. The van der Waals surface area contributed by atoms with Crippen LogP contribution in [0.5, 0.6) is 5.75 Å². The van der Waals surface area contributed by atoms with E-state index >= 15 is 0 Å². The summed E-state index contributed by atoms with van der Waals surface area (Å²) in [5.74, 6) is 1.07. The van der Waals surface area contributed by atoms with E-state index < -0.39 is 9.85 Å². The number of nitro benzene ring substituents is 2. The third kappa shape index (κ3) is 7.08. The fourth-order valence-corrected chi connectivity index (χ4v) is 3.49. The topological polar surface area (TPSA) is 133 Å². The number of nitrogens with one attached hydrogen (secondary N) is 1. The third-order valence-corrected chi connectivity index (χ3v) is 5.24. The van der Waals surface area contributed by atoms with Gasteiger partial charge in [-0.05, 0) is 60.5 Å². The lowest BCUT2D eigenvalue weighted by Crippen LogP contribution is -2.00. The number of aromatic nitrogens is 2. The molecular formula is C28H23N5O5. The first-order chi connectivity index (χ1) is 18.4. The zero-order valence-corrected chi connectivity index (χ0v) is 20.4. The molecule has 10 nitrogen and oxygen atoms in total. The van der Waals surface area contributed by atoms with Crippen molar-refractivity contribution in [3.63, 3.8) is 0 Å². The number of nitro groups is 2. The molecule has 0 atom stereocenters. The molecule has 0 radical (unpaired) electrons. The van der Waals surface area contributed by atoms with Gasteiger partial charge < -0.3 is 10.1 Å². The smallest absolute Gasteiger partial charge is 0.270 e. The van der Waals surface area contributed by atoms with Gasteiger partial charge in [0.1, 0.15) is 5.75 Å². The molecule has 0 aliphatic heterocycles. The standard InChI is InChI=1S/C28H23N5O5/c1-2-38-27-15-13-22(14-16-27)29-28-30-23(11-9-20-5-3-7-25(17-20)32(34)35)19-24(31-28)12-10-21-6-4-8-26(18-21)33(36)37/h3-19H,2H2,1H3,(H,29,30,31)/b11-9+,12-10+. The zero-order valence-electron chi connectivity index (χ0n) is 20.4. The minimum absolute atomic E-state index is 0.00623. The Kier molecular flexibility index (Phi) is 8.15. The lowest BCUT2D eigenvalue weighted by Gasteiger charge is -2.08. The Bertz CT molecular complexity index is 1430. The summed E-state index contributed by atoms with van der Waals surface area (Å²) in [6.07, 6.45) is 6.91. The van der Waals surface area contributed by atoms with E-state index in [1.165, 1.54) is 24.3 Å². The highest BCUT2D eigenvalue weighted by Crippen LogP contribution is 2.21. The molecule has 1 aromatic heterocycles. The predicted octanol–water partition coefficient (Wildman–Crippen LogP) is 6.78. The van der Waals surface area contributed by atoms with Crippen molar-refractivity contribution in [3.8, 4) is 5.75 Å². The fraction of sp³-hybridized carbons (Fsp3) is 0.0714. The van der Waals surface area contributed by atoms with Crippen molar-refractivity contribution in [2.75, 3.05) is 11.9 Å². The van der Waals surface area contributed by atoms with Gasteiger partial charge in [0.15, 0.2) is 0 Å². The van der Waals surface area contributed by atoms with Crippen LogP contribution in [-0.4, -0.2) is 26.4 Å². The van der Waals surface area contributed by atoms with E-state index in [-0.39, 0.29) is 11.4 Å². The Morgan fingerprint density at radius 2 is 1.29 bits per heavy atom. The van der Waals surface area contributed by atoms with Crippen LogP contribution in [0.4, 0.5) is 23.0 Å². The number of hydrogen-bond donors (Lipinski definition) is 1. The first kappa shape index (κ1) is 25.7. The molecular weight excluding hydrogens is 486 g/mol. The molecule has 190 valence electrons. The Morgan fingerprint density at radius 3 is 1.76 bits per heavy atom. The molecule has 0 saturated carbocycles. The van der Waals surface area contributed by atoms with Gasteiger partial charge in [0.25, 0.3) is 11.4 Å². The molecule has 3 aromatic carbocycles. The lowest BCUT2D eigenvalue weighted by molar-refractivity contribution is -0.385. The Balaban J connectivity index is 1.65. The number of hydrogen-bond acceptors (Lipinski definition) is 8. The van der Waals surface area contributed by atoms with E-state index in [2.05, 4.69) is 15.3 Å². The van der Waals surface area contributed by atoms with Gasteiger partial charge in [-0.1, -0.05) is 36.4 Å². The maximum absolute atomic E-state index is 11.1. The van der Waals surface area contributed by atoms with Crippen molar-refractivity contribution in [1.29, 1.82) is 0 Å². The number of ether oxygens (including phenoxy) is 1. The molecule has 0 amide bonds. The second-order valence-electron chi connectivity index (χ2n) is 7.99. The summed E-state index contributed by atoms with van der Waals surface area (Å²) in [5, 5.41) is 25.4. The van der Waals surface area contributed by atoms with Gasteiger partial charge in [0.2, 0.25) is 5.95 Å². The molecule has 0 aliphatic rings. The SMILES string of the molecule is CCOc1ccc(Nc2nc(/C=C/c3cccc([N+](=O)[O-])c3)cc(/C=C/c3cccc([N+](=O)[O-])c3)n2)cc1. The van der Waals surface area contributed by atoms with Gasteiger partial charge in [0.05, 0.1) is 27.8 Å². The summed E-state index contributed by atoms with van der Waals surface area (Å²) in [5.41, 5.74) is 3.14. The van der Waals surface area contributed by atoms with E-state index in [0.29, 0.717) is 35.1 Å². The van der Waals surface area contributed by atoms with Crippen molar-refractivity contribution in [2.45, 2.75) is 6.92 Å². The van der Waals surface area contributed by atoms with Crippen LogP contribution in [0.3, 0.4) is 0 Å². The van der Waals surface area contributed by atoms with Gasteiger partial charge in [-0.15, -0.1) is 0 Å². The van der Waals surface area contributed by atoms with E-state index in [4.69, 9.17) is 4.74 Å². The van der Waals surface area contributed by atoms with E-state index in [1.54, 1.807) is 54.6 Å². The Morgan fingerprint density at radius 1 is 0.763 bits per heavy atom. The first-order valence-corrected chi connectivity index (χ1v) is 11.6. The van der Waals surface area contributed by atoms with Crippen LogP contribution in [0.2, 0.25) is 0 Å². The van der Waals surface area contributed by atoms with Crippen LogP contribution < -0.4 is 10.1 Å². The number of rotatable bonds is 10. The predicted molar refractivity (Wildman–Crippen MR) is 147 cm³/mol. The van der Waals surface area contributed by atoms with Crippen LogP contribution in [0, 0.1) is 20.2 Å². The molecule has 1 heterocycles. The maximum Gasteiger partial charge on any atom is 0.270 e. The molecule has 38 heavy (non-hydrogen) atoms. The number of nitrogens with zero attached hydrogens (tertiary/aromatic N) is 4. The van der Waals surface area contributed by atoms with Crippen LogP contribution in [0.1, 0.15) is 29.4 Å². The zero-order chi connectivity index (χ0) is 26.9. The van der Waals surface area contributed by atoms with Gasteiger partial charge in [-0.2, -0.15) is 0 Å². The molecule has 4 rings (SSSR count). The van der Waals surface area contributed by atoms with Crippen molar-refractivity contribution in [2.24, 2.45) is 0 Å². The van der Waals surface area contributed by atoms with Crippen LogP contribution in [0.15, 0.2) is 78.9 Å². The first-order valence-electron chi connectivity index (χ1n) is 11.6. The minimum atomic E-state index is -0.447. The normalized spacial score (nSPS) is 11.1. The second-order valence-corrected chi connectivity index (χ2v) is 7.99. The molecule has 0 aliphatic carbocycles. The van der Waals surface area contributed by atoms with Gasteiger partial charge in [0, 0.05) is 30.0 Å². The highest BCUT2D eigenvalue weighted by Gasteiger charge is 2.07. The second kappa shape index (κ2) is 12.0. The Labute approximate surface area is 218 Å². The largest absolute Gasteiger partial charge is 0.494 e. The monoisotopic (exact) mass is 509 g/mol. The van der Waals surface area contributed by atoms with Crippen molar-refractivity contribution >= 4 is 47.3 Å². The van der Waals surface area contributed by atoms with E-state index in [9.17, 15) is 20.2 Å². The highest BCUT2D eigenvalue weighted by molar-refractivity contribution is 5.74. The number of benzene rings is 3. The fourth-order valence-electron chi connectivity index (χ4n) is 3.49. The molecule has 0 fully saturated rings. The molecule has 0 saturated heterocycles. The van der Waals surface area contributed by atoms with Gasteiger partial charge in [-0.3, -0.25) is 20.2 Å². The summed E-state index contributed by atoms with van der Waals surface area (Å²) in [7, 11) is 0. The molecule has 0 spiro atoms.